The van der Waals surface area contributed by atoms with Crippen molar-refractivity contribution in [2.75, 3.05) is 5.32 Å². The lowest BCUT2D eigenvalue weighted by atomic mass is 9.98. The van der Waals surface area contributed by atoms with E-state index in [0.29, 0.717) is 16.5 Å². The number of benzene rings is 1. The van der Waals surface area contributed by atoms with Gasteiger partial charge in [0.05, 0.1) is 17.5 Å². The summed E-state index contributed by atoms with van der Waals surface area (Å²) in [5.74, 6) is 0.402. The zero-order valence-electron chi connectivity index (χ0n) is 13.6. The summed E-state index contributed by atoms with van der Waals surface area (Å²) in [6.45, 7) is 8.02. The highest BCUT2D eigenvalue weighted by Crippen LogP contribution is 2.31. The highest BCUT2D eigenvalue weighted by atomic mass is 32.1. The number of furan rings is 1. The molecule has 118 valence electrons. The molecule has 23 heavy (non-hydrogen) atoms. The molecule has 0 bridgehead atoms. The molecule has 2 heterocycles. The van der Waals surface area contributed by atoms with Gasteiger partial charge < -0.3 is 4.42 Å². The van der Waals surface area contributed by atoms with Crippen molar-refractivity contribution in [3.8, 4) is 11.3 Å². The summed E-state index contributed by atoms with van der Waals surface area (Å²) < 4.78 is 5.16. The quantitative estimate of drug-likeness (QED) is 0.745. The van der Waals surface area contributed by atoms with Crippen molar-refractivity contribution in [2.24, 2.45) is 0 Å². The molecule has 0 radical (unpaired) electrons. The SMILES string of the molecule is Cc1cc(C)c(-c2csc(NC(=O)c3ccoc3C)n2)c(C)c1. The number of nitrogens with one attached hydrogen (secondary N) is 1. The summed E-state index contributed by atoms with van der Waals surface area (Å²) in [7, 11) is 0. The second-order valence-corrected chi connectivity index (χ2v) is 6.51. The average molecular weight is 326 g/mol. The van der Waals surface area contributed by atoms with Crippen molar-refractivity contribution in [1.29, 1.82) is 0 Å². The van der Waals surface area contributed by atoms with Gasteiger partial charge in [-0.25, -0.2) is 4.98 Å². The van der Waals surface area contributed by atoms with Crippen LogP contribution in [0.5, 0.6) is 0 Å². The molecule has 1 aromatic carbocycles. The molecule has 5 heteroatoms. The van der Waals surface area contributed by atoms with E-state index in [1.165, 1.54) is 34.3 Å². The van der Waals surface area contributed by atoms with Crippen LogP contribution in [0.1, 0.15) is 32.8 Å². The van der Waals surface area contributed by atoms with Crippen molar-refractivity contribution in [2.45, 2.75) is 27.7 Å². The Balaban J connectivity index is 1.87. The van der Waals surface area contributed by atoms with E-state index >= 15 is 0 Å². The molecule has 1 amide bonds. The number of aryl methyl sites for hydroxylation is 4. The van der Waals surface area contributed by atoms with Gasteiger partial charge in [0, 0.05) is 10.9 Å². The van der Waals surface area contributed by atoms with E-state index in [2.05, 4.69) is 43.2 Å². The second kappa shape index (κ2) is 6.01. The van der Waals surface area contributed by atoms with E-state index in [0.717, 1.165) is 11.3 Å². The summed E-state index contributed by atoms with van der Waals surface area (Å²) in [6.07, 6.45) is 1.51. The minimum absolute atomic E-state index is 0.200. The molecule has 0 saturated carbocycles. The first kappa shape index (κ1) is 15.5. The normalized spacial score (nSPS) is 10.8. The molecule has 0 aliphatic rings. The van der Waals surface area contributed by atoms with Crippen molar-refractivity contribution in [3.05, 3.63) is 57.9 Å². The van der Waals surface area contributed by atoms with E-state index in [4.69, 9.17) is 4.42 Å². The fraction of sp³-hybridized carbons (Fsp3) is 0.222. The smallest absolute Gasteiger partial charge is 0.260 e. The van der Waals surface area contributed by atoms with Gasteiger partial charge in [0.25, 0.3) is 5.91 Å². The number of hydrogen-bond acceptors (Lipinski definition) is 4. The molecule has 0 spiro atoms. The number of anilines is 1. The Morgan fingerprint density at radius 3 is 2.48 bits per heavy atom. The Hall–Kier alpha value is -2.40. The van der Waals surface area contributed by atoms with Crippen LogP contribution in [0.3, 0.4) is 0 Å². The van der Waals surface area contributed by atoms with Crippen LogP contribution in [-0.2, 0) is 0 Å². The van der Waals surface area contributed by atoms with Gasteiger partial charge in [0.1, 0.15) is 5.76 Å². The molecular formula is C18H18N2O2S. The highest BCUT2D eigenvalue weighted by molar-refractivity contribution is 7.14. The topological polar surface area (TPSA) is 55.1 Å². The Morgan fingerprint density at radius 1 is 1.17 bits per heavy atom. The Labute approximate surface area is 139 Å². The number of aromatic nitrogens is 1. The Kier molecular flexibility index (Phi) is 4.05. The van der Waals surface area contributed by atoms with Gasteiger partial charge in [0.15, 0.2) is 5.13 Å². The second-order valence-electron chi connectivity index (χ2n) is 5.66. The lowest BCUT2D eigenvalue weighted by Gasteiger charge is -2.08. The number of thiazole rings is 1. The van der Waals surface area contributed by atoms with Crippen LogP contribution in [0, 0.1) is 27.7 Å². The number of nitrogens with zero attached hydrogens (tertiary/aromatic N) is 1. The van der Waals surface area contributed by atoms with Crippen LogP contribution in [0.25, 0.3) is 11.3 Å². The number of hydrogen-bond donors (Lipinski definition) is 1. The third kappa shape index (κ3) is 3.05. The van der Waals surface area contributed by atoms with Gasteiger partial charge in [-0.2, -0.15) is 0 Å². The minimum Gasteiger partial charge on any atom is -0.469 e. The molecule has 0 aliphatic heterocycles. The first-order chi connectivity index (χ1) is 11.0. The van der Waals surface area contributed by atoms with Crippen molar-refractivity contribution in [1.82, 2.24) is 4.98 Å². The molecule has 0 saturated heterocycles. The van der Waals surface area contributed by atoms with Crippen molar-refractivity contribution >= 4 is 22.4 Å². The molecule has 4 nitrogen and oxygen atoms in total. The molecule has 3 aromatic rings. The molecule has 0 unspecified atom stereocenters. The van der Waals surface area contributed by atoms with Crippen molar-refractivity contribution in [3.63, 3.8) is 0 Å². The minimum atomic E-state index is -0.200. The predicted molar refractivity (Wildman–Crippen MR) is 93.2 cm³/mol. The summed E-state index contributed by atoms with van der Waals surface area (Å²) in [5.41, 5.74) is 6.18. The molecular weight excluding hydrogens is 308 g/mol. The van der Waals surface area contributed by atoms with E-state index in [1.54, 1.807) is 13.0 Å². The Morgan fingerprint density at radius 2 is 1.87 bits per heavy atom. The molecule has 2 aromatic heterocycles. The average Bonchev–Trinajstić information content (AvgIpc) is 3.07. The Bertz CT molecular complexity index is 854. The van der Waals surface area contributed by atoms with E-state index in [-0.39, 0.29) is 5.91 Å². The fourth-order valence-electron chi connectivity index (χ4n) is 2.82. The first-order valence-electron chi connectivity index (χ1n) is 7.35. The predicted octanol–water partition coefficient (Wildman–Crippen LogP) is 4.89. The van der Waals surface area contributed by atoms with Gasteiger partial charge >= 0.3 is 0 Å². The maximum atomic E-state index is 12.2. The largest absolute Gasteiger partial charge is 0.469 e. The van der Waals surface area contributed by atoms with Crippen LogP contribution in [0.2, 0.25) is 0 Å². The van der Waals surface area contributed by atoms with Gasteiger partial charge in [-0.15, -0.1) is 11.3 Å². The molecule has 0 atom stereocenters. The van der Waals surface area contributed by atoms with Crippen LogP contribution < -0.4 is 5.32 Å². The van der Waals surface area contributed by atoms with E-state index in [1.807, 2.05) is 5.38 Å². The van der Waals surface area contributed by atoms with Gasteiger partial charge in [-0.05, 0) is 44.9 Å². The fourth-order valence-corrected chi connectivity index (χ4v) is 3.51. The lowest BCUT2D eigenvalue weighted by molar-refractivity contribution is 0.102. The highest BCUT2D eigenvalue weighted by Gasteiger charge is 2.15. The van der Waals surface area contributed by atoms with Crippen LogP contribution in [-0.4, -0.2) is 10.9 Å². The monoisotopic (exact) mass is 326 g/mol. The van der Waals surface area contributed by atoms with Crippen LogP contribution >= 0.6 is 11.3 Å². The van der Waals surface area contributed by atoms with Crippen LogP contribution in [0.15, 0.2) is 34.3 Å². The lowest BCUT2D eigenvalue weighted by Crippen LogP contribution is -2.11. The first-order valence-corrected chi connectivity index (χ1v) is 8.23. The van der Waals surface area contributed by atoms with Gasteiger partial charge in [0.2, 0.25) is 0 Å². The third-order valence-corrected chi connectivity index (χ3v) is 4.52. The van der Waals surface area contributed by atoms with Crippen LogP contribution in [0.4, 0.5) is 5.13 Å². The molecule has 0 aliphatic carbocycles. The van der Waals surface area contributed by atoms with Gasteiger partial charge in [-0.1, -0.05) is 17.7 Å². The number of carbonyl (C=O) groups is 1. The standard InChI is InChI=1S/C18H18N2O2S/c1-10-7-11(2)16(12(3)8-10)15-9-23-18(19-15)20-17(21)14-5-6-22-13(14)4/h5-9H,1-4H3,(H,19,20,21). The van der Waals surface area contributed by atoms with E-state index < -0.39 is 0 Å². The molecule has 3 rings (SSSR count). The maximum absolute atomic E-state index is 12.2. The number of amides is 1. The van der Waals surface area contributed by atoms with E-state index in [9.17, 15) is 4.79 Å². The molecule has 0 fully saturated rings. The number of carbonyl (C=O) groups excluding carboxylic acids is 1. The number of rotatable bonds is 3. The summed E-state index contributed by atoms with van der Waals surface area (Å²) in [5, 5.41) is 5.40. The zero-order valence-corrected chi connectivity index (χ0v) is 14.4. The van der Waals surface area contributed by atoms with Gasteiger partial charge in [-0.3, -0.25) is 10.1 Å². The summed E-state index contributed by atoms with van der Waals surface area (Å²) in [6, 6.07) is 5.96. The third-order valence-electron chi connectivity index (χ3n) is 3.76. The zero-order chi connectivity index (χ0) is 16.6. The molecule has 1 N–H and O–H groups in total. The maximum Gasteiger partial charge on any atom is 0.260 e. The summed E-state index contributed by atoms with van der Waals surface area (Å²) >= 11 is 1.42. The van der Waals surface area contributed by atoms with Crippen molar-refractivity contribution < 1.29 is 9.21 Å². The summed E-state index contributed by atoms with van der Waals surface area (Å²) in [4.78, 5) is 16.8.